The summed E-state index contributed by atoms with van der Waals surface area (Å²) in [5, 5.41) is 20.2. The minimum atomic E-state index is -2.72. The molecule has 0 saturated carbocycles. The van der Waals surface area contributed by atoms with Crippen molar-refractivity contribution in [1.82, 2.24) is 4.57 Å². The molecule has 1 aromatic carbocycles. The van der Waals surface area contributed by atoms with Crippen molar-refractivity contribution in [2.24, 2.45) is 0 Å². The highest BCUT2D eigenvalue weighted by atomic mass is 32.1. The van der Waals surface area contributed by atoms with E-state index in [1.165, 1.54) is 12.3 Å². The van der Waals surface area contributed by atoms with Crippen LogP contribution in [0.4, 0.5) is 13.2 Å². The first-order chi connectivity index (χ1) is 12.2. The Morgan fingerprint density at radius 2 is 1.96 bits per heavy atom. The molecule has 0 aliphatic heterocycles. The van der Waals surface area contributed by atoms with Gasteiger partial charge in [0.2, 0.25) is 0 Å². The van der Waals surface area contributed by atoms with Gasteiger partial charge >= 0.3 is 5.97 Å². The monoisotopic (exact) mass is 383 g/mol. The van der Waals surface area contributed by atoms with Gasteiger partial charge in [0.1, 0.15) is 0 Å². The molecule has 0 atom stereocenters. The summed E-state index contributed by atoms with van der Waals surface area (Å²) < 4.78 is 40.4. The Labute approximate surface area is 148 Å². The van der Waals surface area contributed by atoms with Gasteiger partial charge in [-0.05, 0) is 24.6 Å². The van der Waals surface area contributed by atoms with Crippen molar-refractivity contribution in [2.75, 3.05) is 0 Å². The number of carboxylic acids is 1. The Morgan fingerprint density at radius 3 is 2.54 bits per heavy atom. The van der Waals surface area contributed by atoms with Gasteiger partial charge in [0.05, 0.1) is 22.4 Å². The number of hydrogen-bond donors (Lipinski definition) is 2. The van der Waals surface area contributed by atoms with Crippen molar-refractivity contribution in [1.29, 1.82) is 0 Å². The molecule has 3 rings (SSSR count). The Morgan fingerprint density at radius 1 is 1.27 bits per heavy atom. The molecule has 0 aliphatic rings. The number of carbonyl (C=O) groups excluding carboxylic acids is 1. The first-order valence-corrected chi connectivity index (χ1v) is 8.24. The molecule has 2 aromatic heterocycles. The Kier molecular flexibility index (Phi) is 4.49. The molecule has 3 aromatic rings. The average Bonchev–Trinajstić information content (AvgIpc) is 3.13. The predicted octanol–water partition coefficient (Wildman–Crippen LogP) is 4.11. The highest BCUT2D eigenvalue weighted by Crippen LogP contribution is 2.33. The van der Waals surface area contributed by atoms with E-state index >= 15 is 0 Å². The fourth-order valence-electron chi connectivity index (χ4n) is 2.83. The maximum Gasteiger partial charge on any atom is 0.307 e. The predicted molar refractivity (Wildman–Crippen MR) is 88.6 cm³/mol. The summed E-state index contributed by atoms with van der Waals surface area (Å²) in [6.07, 6.45) is -3.17. The van der Waals surface area contributed by atoms with Gasteiger partial charge in [0, 0.05) is 22.5 Å². The number of nitrogens with zero attached hydrogens (tertiary/aromatic N) is 1. The molecule has 0 unspecified atom stereocenters. The van der Waals surface area contributed by atoms with Gasteiger partial charge in [-0.2, -0.15) is 0 Å². The number of carbonyl (C=O) groups is 2. The van der Waals surface area contributed by atoms with Gasteiger partial charge in [-0.1, -0.05) is 0 Å². The van der Waals surface area contributed by atoms with E-state index in [4.69, 9.17) is 5.11 Å². The zero-order valence-corrected chi connectivity index (χ0v) is 14.1. The third kappa shape index (κ3) is 2.94. The Hall–Kier alpha value is -2.81. The van der Waals surface area contributed by atoms with Crippen LogP contribution in [0.1, 0.15) is 32.9 Å². The van der Waals surface area contributed by atoms with E-state index in [1.807, 2.05) is 0 Å². The number of aliphatic carboxylic acids is 1. The van der Waals surface area contributed by atoms with Gasteiger partial charge in [-0.15, -0.1) is 11.3 Å². The normalized spacial score (nSPS) is 11.4. The lowest BCUT2D eigenvalue weighted by Gasteiger charge is -2.06. The Balaban J connectivity index is 2.23. The smallest absolute Gasteiger partial charge is 0.307 e. The zero-order valence-electron chi connectivity index (χ0n) is 13.3. The van der Waals surface area contributed by atoms with Crippen molar-refractivity contribution >= 4 is 34.1 Å². The number of aromatic hydroxyl groups is 1. The van der Waals surface area contributed by atoms with Crippen LogP contribution >= 0.6 is 11.3 Å². The Bertz CT molecular complexity index is 1040. The second kappa shape index (κ2) is 6.49. The number of benzene rings is 1. The lowest BCUT2D eigenvalue weighted by Crippen LogP contribution is -2.13. The minimum Gasteiger partial charge on any atom is -0.505 e. The molecular formula is C17H12F3NO4S. The van der Waals surface area contributed by atoms with Crippen molar-refractivity contribution in [2.45, 2.75) is 19.8 Å². The topological polar surface area (TPSA) is 79.5 Å². The SMILES string of the molecule is Cc1c(CC(=O)O)c2cc(O)c(F)cc2n1C(=O)c1csc(C(F)F)c1. The number of alkyl halides is 2. The summed E-state index contributed by atoms with van der Waals surface area (Å²) in [6.45, 7) is 1.48. The molecule has 0 saturated heterocycles. The zero-order chi connectivity index (χ0) is 19.2. The van der Waals surface area contributed by atoms with Crippen LogP contribution in [0.2, 0.25) is 0 Å². The van der Waals surface area contributed by atoms with Crippen LogP contribution in [0.5, 0.6) is 5.75 Å². The molecule has 0 radical (unpaired) electrons. The largest absolute Gasteiger partial charge is 0.505 e. The van der Waals surface area contributed by atoms with Crippen LogP contribution < -0.4 is 0 Å². The van der Waals surface area contributed by atoms with E-state index in [0.717, 1.165) is 34.1 Å². The van der Waals surface area contributed by atoms with E-state index in [9.17, 15) is 27.9 Å². The first-order valence-electron chi connectivity index (χ1n) is 7.36. The first kappa shape index (κ1) is 18.0. The molecule has 9 heteroatoms. The highest BCUT2D eigenvalue weighted by molar-refractivity contribution is 7.10. The number of phenolic OH excluding ortho intramolecular Hbond substituents is 1. The summed E-state index contributed by atoms with van der Waals surface area (Å²) in [6, 6.07) is 3.02. The van der Waals surface area contributed by atoms with Crippen LogP contribution in [-0.2, 0) is 11.2 Å². The summed E-state index contributed by atoms with van der Waals surface area (Å²) in [5.41, 5.74) is 0.521. The second-order valence-electron chi connectivity index (χ2n) is 5.63. The molecule has 2 heterocycles. The van der Waals surface area contributed by atoms with Crippen molar-refractivity contribution in [3.8, 4) is 5.75 Å². The van der Waals surface area contributed by atoms with Crippen molar-refractivity contribution in [3.63, 3.8) is 0 Å². The lowest BCUT2D eigenvalue weighted by molar-refractivity contribution is -0.136. The number of aromatic nitrogens is 1. The molecule has 0 bridgehead atoms. The third-order valence-electron chi connectivity index (χ3n) is 4.02. The molecule has 136 valence electrons. The molecule has 0 fully saturated rings. The lowest BCUT2D eigenvalue weighted by atomic mass is 10.1. The molecule has 0 spiro atoms. The maximum absolute atomic E-state index is 13.8. The molecule has 0 aliphatic carbocycles. The fourth-order valence-corrected chi connectivity index (χ4v) is 3.56. The number of fused-ring (bicyclic) bond motifs is 1. The van der Waals surface area contributed by atoms with Crippen LogP contribution in [0.25, 0.3) is 10.9 Å². The molecular weight excluding hydrogens is 371 g/mol. The number of carboxylic acid groups (broad SMARTS) is 1. The second-order valence-corrected chi connectivity index (χ2v) is 6.58. The number of hydrogen-bond acceptors (Lipinski definition) is 4. The van der Waals surface area contributed by atoms with Crippen LogP contribution in [-0.4, -0.2) is 26.7 Å². The number of rotatable bonds is 4. The van der Waals surface area contributed by atoms with Gasteiger partial charge in [0.25, 0.3) is 12.3 Å². The standard InChI is InChI=1S/C17H12F3NO4S/c1-7-9(4-15(23)24)10-3-13(22)11(18)5-12(10)21(7)17(25)8-2-14(16(19)20)26-6-8/h2-3,5-6,16,22H,4H2,1H3,(H,23,24). The summed E-state index contributed by atoms with van der Waals surface area (Å²) in [4.78, 5) is 23.7. The van der Waals surface area contributed by atoms with Crippen molar-refractivity contribution in [3.05, 3.63) is 51.1 Å². The van der Waals surface area contributed by atoms with Crippen molar-refractivity contribution < 1.29 is 33.0 Å². The van der Waals surface area contributed by atoms with E-state index in [-0.39, 0.29) is 32.6 Å². The summed E-state index contributed by atoms with van der Waals surface area (Å²) in [5.74, 6) is -3.51. The minimum absolute atomic E-state index is 0.0133. The third-order valence-corrected chi connectivity index (χ3v) is 4.96. The fraction of sp³-hybridized carbons (Fsp3) is 0.176. The summed E-state index contributed by atoms with van der Waals surface area (Å²) in [7, 11) is 0. The number of phenols is 1. The number of thiophene rings is 1. The van der Waals surface area contributed by atoms with Crippen LogP contribution in [0.3, 0.4) is 0 Å². The van der Waals surface area contributed by atoms with Crippen LogP contribution in [0.15, 0.2) is 23.6 Å². The number of halogens is 3. The average molecular weight is 383 g/mol. The quantitative estimate of drug-likeness (QED) is 0.711. The van der Waals surface area contributed by atoms with E-state index < -0.39 is 36.3 Å². The summed E-state index contributed by atoms with van der Waals surface area (Å²) >= 11 is 0.723. The maximum atomic E-state index is 13.8. The van der Waals surface area contributed by atoms with E-state index in [0.29, 0.717) is 0 Å². The van der Waals surface area contributed by atoms with Gasteiger partial charge < -0.3 is 10.2 Å². The van der Waals surface area contributed by atoms with Gasteiger partial charge in [0.15, 0.2) is 11.6 Å². The molecule has 5 nitrogen and oxygen atoms in total. The van der Waals surface area contributed by atoms with Gasteiger partial charge in [-0.3, -0.25) is 14.2 Å². The molecule has 2 N–H and O–H groups in total. The molecule has 26 heavy (non-hydrogen) atoms. The molecule has 0 amide bonds. The highest BCUT2D eigenvalue weighted by Gasteiger charge is 2.24. The van der Waals surface area contributed by atoms with E-state index in [2.05, 4.69) is 0 Å². The van der Waals surface area contributed by atoms with E-state index in [1.54, 1.807) is 0 Å². The van der Waals surface area contributed by atoms with Crippen LogP contribution in [0, 0.1) is 12.7 Å². The van der Waals surface area contributed by atoms with Gasteiger partial charge in [-0.25, -0.2) is 13.2 Å².